The van der Waals surface area contributed by atoms with E-state index in [0.29, 0.717) is 10.9 Å². The van der Waals surface area contributed by atoms with Gasteiger partial charge in [-0.25, -0.2) is 0 Å². The van der Waals surface area contributed by atoms with Crippen LogP contribution in [0.5, 0.6) is 0 Å². The Balaban J connectivity index is 3.57. The minimum absolute atomic E-state index is 0.130. The second kappa shape index (κ2) is 5.78. The van der Waals surface area contributed by atoms with Crippen LogP contribution in [0, 0.1) is 0 Å². The lowest BCUT2D eigenvalue weighted by Crippen LogP contribution is -2.41. The molecule has 3 nitrogen and oxygen atoms in total. The molecule has 1 heterocycles. The fourth-order valence-electron chi connectivity index (χ4n) is 2.78. The first-order valence-corrected chi connectivity index (χ1v) is 8.84. The molecule has 1 unspecified atom stereocenters. The number of carbonyl (C=O) groups is 1. The molecule has 18 heavy (non-hydrogen) atoms. The predicted octanol–water partition coefficient (Wildman–Crippen LogP) is 3.53. The Hall–Kier alpha value is -0.290. The first-order chi connectivity index (χ1) is 8.51. The van der Waals surface area contributed by atoms with Gasteiger partial charge in [-0.15, -0.1) is 0 Å². The Kier molecular flexibility index (Phi) is 5.06. The molecule has 102 valence electrons. The summed E-state index contributed by atoms with van der Waals surface area (Å²) in [5, 5.41) is 2.50. The molecular formula is C12H20N2OS3. The average molecular weight is 305 g/mol. The lowest BCUT2D eigenvalue weighted by molar-refractivity contribution is -0.129. The van der Waals surface area contributed by atoms with Crippen molar-refractivity contribution >= 4 is 50.0 Å². The zero-order valence-corrected chi connectivity index (χ0v) is 13.8. The summed E-state index contributed by atoms with van der Waals surface area (Å²) in [6.07, 6.45) is 1.51. The van der Waals surface area contributed by atoms with E-state index >= 15 is 0 Å². The van der Waals surface area contributed by atoms with Crippen LogP contribution in [0.4, 0.5) is 0 Å². The molecule has 0 saturated carbocycles. The van der Waals surface area contributed by atoms with Crippen molar-refractivity contribution in [2.75, 3.05) is 12.3 Å². The monoisotopic (exact) mass is 304 g/mol. The highest BCUT2D eigenvalue weighted by atomic mass is 32.3. The second-order valence-corrected chi connectivity index (χ2v) is 8.35. The maximum absolute atomic E-state index is 12.7. The third kappa shape index (κ3) is 1.78. The molecular weight excluding hydrogens is 284 g/mol. The van der Waals surface area contributed by atoms with Crippen molar-refractivity contribution in [3.05, 3.63) is 0 Å². The van der Waals surface area contributed by atoms with Gasteiger partial charge in [0.05, 0.1) is 5.16 Å². The standard InChI is InChI=1S/C12H20N2OS3/c1-5-12(6-2)10(15)14(7-3)11(17)18(12,8-4)13-9-16/h5-8H2,1-4H3. The van der Waals surface area contributed by atoms with Gasteiger partial charge in [0.25, 0.3) is 0 Å². The molecule has 0 aromatic heterocycles. The van der Waals surface area contributed by atoms with Crippen LogP contribution in [0.15, 0.2) is 4.40 Å². The van der Waals surface area contributed by atoms with Gasteiger partial charge in [-0.1, -0.05) is 43.2 Å². The molecule has 1 aliphatic rings. The lowest BCUT2D eigenvalue weighted by Gasteiger charge is -2.41. The minimum atomic E-state index is -1.72. The maximum atomic E-state index is 12.7. The summed E-state index contributed by atoms with van der Waals surface area (Å²) in [6.45, 7) is 8.69. The van der Waals surface area contributed by atoms with Gasteiger partial charge in [-0.2, -0.15) is 4.40 Å². The number of carbonyl (C=O) groups excluding carboxylic acids is 1. The molecule has 0 radical (unpaired) electrons. The largest absolute Gasteiger partial charge is 0.297 e. The van der Waals surface area contributed by atoms with E-state index in [-0.39, 0.29) is 5.91 Å². The van der Waals surface area contributed by atoms with E-state index in [1.54, 1.807) is 4.90 Å². The third-order valence-electron chi connectivity index (χ3n) is 3.86. The summed E-state index contributed by atoms with van der Waals surface area (Å²) in [4.78, 5) is 14.4. The Morgan fingerprint density at radius 2 is 1.89 bits per heavy atom. The molecule has 0 aromatic rings. The van der Waals surface area contributed by atoms with Crippen LogP contribution in [-0.2, 0) is 4.79 Å². The van der Waals surface area contributed by atoms with Gasteiger partial charge in [0.2, 0.25) is 5.91 Å². The average Bonchev–Trinajstić information content (AvgIpc) is 2.56. The predicted molar refractivity (Wildman–Crippen MR) is 86.5 cm³/mol. The molecule has 1 saturated heterocycles. The Bertz CT molecular complexity index is 414. The van der Waals surface area contributed by atoms with E-state index in [4.69, 9.17) is 24.4 Å². The van der Waals surface area contributed by atoms with Crippen molar-refractivity contribution in [3.63, 3.8) is 0 Å². The Morgan fingerprint density at radius 3 is 2.22 bits per heavy atom. The number of hydrogen-bond acceptors (Lipinski definition) is 4. The highest BCUT2D eigenvalue weighted by Crippen LogP contribution is 2.69. The fraction of sp³-hybridized carbons (Fsp3) is 0.750. The second-order valence-electron chi connectivity index (χ2n) is 4.19. The lowest BCUT2D eigenvalue weighted by atomic mass is 10.0. The third-order valence-corrected chi connectivity index (χ3v) is 9.20. The van der Waals surface area contributed by atoms with Gasteiger partial charge in [0, 0.05) is 12.3 Å². The molecule has 6 heteroatoms. The van der Waals surface area contributed by atoms with Crippen molar-refractivity contribution in [1.29, 1.82) is 0 Å². The molecule has 0 aromatic carbocycles. The quantitative estimate of drug-likeness (QED) is 0.575. The van der Waals surface area contributed by atoms with E-state index in [0.717, 1.165) is 18.6 Å². The molecule has 1 atom stereocenters. The maximum Gasteiger partial charge on any atom is 0.244 e. The van der Waals surface area contributed by atoms with Crippen molar-refractivity contribution < 1.29 is 4.79 Å². The van der Waals surface area contributed by atoms with E-state index in [1.807, 2.05) is 27.7 Å². The number of hydrogen-bond donors (Lipinski definition) is 0. The van der Waals surface area contributed by atoms with Crippen LogP contribution in [0.25, 0.3) is 0 Å². The SMILES string of the molecule is CCN1C(=O)C(CC)(CC)S(CC)(N=C=S)C1=S. The zero-order valence-electron chi connectivity index (χ0n) is 11.4. The topological polar surface area (TPSA) is 32.7 Å². The van der Waals surface area contributed by atoms with E-state index < -0.39 is 15.0 Å². The van der Waals surface area contributed by atoms with Crippen LogP contribution in [-0.4, -0.2) is 37.3 Å². The summed E-state index contributed by atoms with van der Waals surface area (Å²) in [5.74, 6) is 0.894. The van der Waals surface area contributed by atoms with Crippen molar-refractivity contribution in [2.24, 2.45) is 4.40 Å². The Labute approximate surface area is 121 Å². The van der Waals surface area contributed by atoms with Gasteiger partial charge in [-0.05, 0) is 32.0 Å². The molecule has 1 rings (SSSR count). The summed E-state index contributed by atoms with van der Waals surface area (Å²) >= 11 is 10.4. The smallest absolute Gasteiger partial charge is 0.244 e. The van der Waals surface area contributed by atoms with Gasteiger partial charge >= 0.3 is 0 Å². The van der Waals surface area contributed by atoms with E-state index in [9.17, 15) is 4.79 Å². The van der Waals surface area contributed by atoms with Crippen LogP contribution in [0.1, 0.15) is 40.5 Å². The van der Waals surface area contributed by atoms with E-state index in [2.05, 4.69) is 9.56 Å². The summed E-state index contributed by atoms with van der Waals surface area (Å²) in [7, 11) is -1.72. The van der Waals surface area contributed by atoms with Crippen LogP contribution >= 0.6 is 34.6 Å². The molecule has 1 fully saturated rings. The number of thiocarbonyl (C=S) groups is 2. The number of rotatable bonds is 5. The number of nitrogens with zero attached hydrogens (tertiary/aromatic N) is 2. The fourth-order valence-corrected chi connectivity index (χ4v) is 7.89. The molecule has 0 bridgehead atoms. The Morgan fingerprint density at radius 1 is 1.33 bits per heavy atom. The van der Waals surface area contributed by atoms with Crippen molar-refractivity contribution in [1.82, 2.24) is 4.90 Å². The van der Waals surface area contributed by atoms with Gasteiger partial charge < -0.3 is 0 Å². The number of amides is 1. The normalized spacial score (nSPS) is 29.9. The van der Waals surface area contributed by atoms with E-state index in [1.165, 1.54) is 0 Å². The highest BCUT2D eigenvalue weighted by molar-refractivity contribution is 8.50. The number of isothiocyanates is 1. The summed E-state index contributed by atoms with van der Waals surface area (Å²) in [5.41, 5.74) is 0. The summed E-state index contributed by atoms with van der Waals surface area (Å²) in [6, 6.07) is 0. The first kappa shape index (κ1) is 15.8. The summed E-state index contributed by atoms with van der Waals surface area (Å²) < 4.78 is 4.66. The molecule has 0 spiro atoms. The highest BCUT2D eigenvalue weighted by Gasteiger charge is 2.61. The van der Waals surface area contributed by atoms with Crippen LogP contribution < -0.4 is 0 Å². The van der Waals surface area contributed by atoms with Crippen LogP contribution in [0.3, 0.4) is 0 Å². The van der Waals surface area contributed by atoms with Gasteiger partial charge in [0.1, 0.15) is 9.07 Å². The van der Waals surface area contributed by atoms with Gasteiger partial charge in [-0.3, -0.25) is 9.69 Å². The zero-order chi connectivity index (χ0) is 14.0. The van der Waals surface area contributed by atoms with Crippen molar-refractivity contribution in [2.45, 2.75) is 45.3 Å². The van der Waals surface area contributed by atoms with Gasteiger partial charge in [0.15, 0.2) is 0 Å². The van der Waals surface area contributed by atoms with Crippen molar-refractivity contribution in [3.8, 4) is 0 Å². The first-order valence-electron chi connectivity index (χ1n) is 6.26. The minimum Gasteiger partial charge on any atom is -0.297 e. The molecule has 1 aliphatic heterocycles. The molecule has 0 N–H and O–H groups in total. The molecule has 0 aliphatic carbocycles. The molecule has 1 amide bonds. The van der Waals surface area contributed by atoms with Crippen LogP contribution in [0.2, 0.25) is 0 Å².